The van der Waals surface area contributed by atoms with Crippen molar-refractivity contribution in [2.75, 3.05) is 18.4 Å². The molecule has 1 fully saturated rings. The first kappa shape index (κ1) is 12.0. The van der Waals surface area contributed by atoms with Crippen LogP contribution in [0.4, 0.5) is 5.82 Å². The number of pyridine rings is 1. The van der Waals surface area contributed by atoms with Crippen molar-refractivity contribution in [2.24, 2.45) is 5.41 Å². The van der Waals surface area contributed by atoms with Crippen molar-refractivity contribution in [2.45, 2.75) is 26.7 Å². The van der Waals surface area contributed by atoms with E-state index in [2.05, 4.69) is 22.5 Å². The van der Waals surface area contributed by atoms with E-state index in [0.29, 0.717) is 5.82 Å². The Hall–Kier alpha value is -1.42. The predicted octanol–water partition coefficient (Wildman–Crippen LogP) is 1.72. The van der Waals surface area contributed by atoms with Crippen molar-refractivity contribution < 1.29 is 4.79 Å². The molecule has 1 aromatic rings. The van der Waals surface area contributed by atoms with Gasteiger partial charge in [-0.2, -0.15) is 0 Å². The first-order valence-corrected chi connectivity index (χ1v) is 6.12. The molecule has 1 unspecified atom stereocenters. The molecule has 2 heterocycles. The van der Waals surface area contributed by atoms with Crippen LogP contribution in [0.25, 0.3) is 0 Å². The number of rotatable bonds is 3. The largest absolute Gasteiger partial charge is 0.316 e. The molecular weight excluding hydrogens is 214 g/mol. The highest BCUT2D eigenvalue weighted by atomic mass is 16.2. The van der Waals surface area contributed by atoms with Gasteiger partial charge in [0, 0.05) is 12.2 Å². The lowest BCUT2D eigenvalue weighted by Gasteiger charge is -2.24. The fourth-order valence-corrected chi connectivity index (χ4v) is 2.26. The number of hydrogen-bond donors (Lipinski definition) is 2. The van der Waals surface area contributed by atoms with Crippen LogP contribution >= 0.6 is 0 Å². The van der Waals surface area contributed by atoms with E-state index in [-0.39, 0.29) is 11.3 Å². The number of nitrogens with one attached hydrogen (secondary N) is 2. The van der Waals surface area contributed by atoms with Crippen LogP contribution in [0, 0.1) is 12.3 Å². The van der Waals surface area contributed by atoms with Crippen molar-refractivity contribution in [3.63, 3.8) is 0 Å². The number of aromatic nitrogens is 1. The van der Waals surface area contributed by atoms with E-state index < -0.39 is 0 Å². The average molecular weight is 233 g/mol. The molecule has 0 saturated carbocycles. The minimum atomic E-state index is -0.259. The van der Waals surface area contributed by atoms with Crippen LogP contribution in [0.15, 0.2) is 18.2 Å². The number of carbonyl (C=O) groups is 1. The summed E-state index contributed by atoms with van der Waals surface area (Å²) < 4.78 is 0. The van der Waals surface area contributed by atoms with E-state index in [1.54, 1.807) is 0 Å². The second-order valence-electron chi connectivity index (χ2n) is 4.68. The Morgan fingerprint density at radius 1 is 1.59 bits per heavy atom. The van der Waals surface area contributed by atoms with Crippen molar-refractivity contribution in [1.82, 2.24) is 10.3 Å². The highest BCUT2D eigenvalue weighted by Gasteiger charge is 2.39. The Bertz CT molecular complexity index is 411. The fourth-order valence-electron chi connectivity index (χ4n) is 2.26. The molecule has 0 radical (unpaired) electrons. The lowest BCUT2D eigenvalue weighted by Crippen LogP contribution is -2.37. The molecule has 1 aliphatic rings. The molecule has 0 bridgehead atoms. The van der Waals surface area contributed by atoms with Crippen LogP contribution in [0.5, 0.6) is 0 Å². The lowest BCUT2D eigenvalue weighted by atomic mass is 9.83. The van der Waals surface area contributed by atoms with Gasteiger partial charge in [-0.15, -0.1) is 0 Å². The highest BCUT2D eigenvalue weighted by Crippen LogP contribution is 2.30. The normalized spacial score (nSPS) is 23.6. The molecule has 17 heavy (non-hydrogen) atoms. The predicted molar refractivity (Wildman–Crippen MR) is 67.8 cm³/mol. The van der Waals surface area contributed by atoms with E-state index >= 15 is 0 Å². The molecule has 0 aliphatic carbocycles. The topological polar surface area (TPSA) is 54.0 Å². The second kappa shape index (κ2) is 4.84. The zero-order chi connectivity index (χ0) is 12.3. The molecule has 1 amide bonds. The van der Waals surface area contributed by atoms with Gasteiger partial charge in [-0.25, -0.2) is 4.98 Å². The Morgan fingerprint density at radius 3 is 3.00 bits per heavy atom. The van der Waals surface area contributed by atoms with Gasteiger partial charge < -0.3 is 10.6 Å². The summed E-state index contributed by atoms with van der Waals surface area (Å²) in [6.07, 6.45) is 1.76. The maximum absolute atomic E-state index is 12.3. The molecule has 1 atom stereocenters. The Kier molecular flexibility index (Phi) is 3.43. The summed E-state index contributed by atoms with van der Waals surface area (Å²) >= 11 is 0. The van der Waals surface area contributed by atoms with E-state index in [4.69, 9.17) is 0 Å². The number of amides is 1. The van der Waals surface area contributed by atoms with Gasteiger partial charge >= 0.3 is 0 Å². The summed E-state index contributed by atoms with van der Waals surface area (Å²) in [5.74, 6) is 0.734. The molecule has 4 nitrogen and oxygen atoms in total. The van der Waals surface area contributed by atoms with Gasteiger partial charge in [0.05, 0.1) is 5.41 Å². The molecule has 0 spiro atoms. The van der Waals surface area contributed by atoms with Crippen molar-refractivity contribution >= 4 is 11.7 Å². The summed E-state index contributed by atoms with van der Waals surface area (Å²) in [5.41, 5.74) is 0.656. The first-order valence-electron chi connectivity index (χ1n) is 6.12. The zero-order valence-electron chi connectivity index (χ0n) is 10.4. The number of carbonyl (C=O) groups excluding carboxylic acids is 1. The summed E-state index contributed by atoms with van der Waals surface area (Å²) in [4.78, 5) is 16.6. The van der Waals surface area contributed by atoms with E-state index in [1.165, 1.54) is 0 Å². The van der Waals surface area contributed by atoms with Gasteiger partial charge in [0.25, 0.3) is 0 Å². The molecule has 1 aliphatic heterocycles. The summed E-state index contributed by atoms with van der Waals surface area (Å²) in [5, 5.41) is 6.19. The SMILES string of the molecule is CCC1(C(=O)Nc2cccc(C)n2)CCNC1. The standard InChI is InChI=1S/C13H19N3O/c1-3-13(7-8-14-9-13)12(17)16-11-6-4-5-10(2)15-11/h4-6,14H,3,7-9H2,1-2H3,(H,15,16,17). The molecule has 2 rings (SSSR count). The van der Waals surface area contributed by atoms with Gasteiger partial charge in [0.2, 0.25) is 5.91 Å². The van der Waals surface area contributed by atoms with Gasteiger partial charge in [0.15, 0.2) is 0 Å². The highest BCUT2D eigenvalue weighted by molar-refractivity contribution is 5.95. The maximum atomic E-state index is 12.3. The van der Waals surface area contributed by atoms with Crippen LogP contribution < -0.4 is 10.6 Å². The van der Waals surface area contributed by atoms with Crippen molar-refractivity contribution in [3.05, 3.63) is 23.9 Å². The quantitative estimate of drug-likeness (QED) is 0.835. The first-order chi connectivity index (χ1) is 8.16. The van der Waals surface area contributed by atoms with E-state index in [9.17, 15) is 4.79 Å². The monoisotopic (exact) mass is 233 g/mol. The molecule has 1 aromatic heterocycles. The van der Waals surface area contributed by atoms with Crippen molar-refractivity contribution in [1.29, 1.82) is 0 Å². The van der Waals surface area contributed by atoms with E-state index in [1.807, 2.05) is 25.1 Å². The molecule has 1 saturated heterocycles. The summed E-state index contributed by atoms with van der Waals surface area (Å²) in [6.45, 7) is 5.67. The van der Waals surface area contributed by atoms with Gasteiger partial charge in [-0.3, -0.25) is 4.79 Å². The smallest absolute Gasteiger partial charge is 0.233 e. The van der Waals surface area contributed by atoms with Crippen molar-refractivity contribution in [3.8, 4) is 0 Å². The maximum Gasteiger partial charge on any atom is 0.233 e. The van der Waals surface area contributed by atoms with Crippen LogP contribution in [0.2, 0.25) is 0 Å². The number of nitrogens with zero attached hydrogens (tertiary/aromatic N) is 1. The molecule has 92 valence electrons. The average Bonchev–Trinajstić information content (AvgIpc) is 2.78. The van der Waals surface area contributed by atoms with Gasteiger partial charge in [-0.1, -0.05) is 13.0 Å². The van der Waals surface area contributed by atoms with Gasteiger partial charge in [0.1, 0.15) is 5.82 Å². The number of hydrogen-bond acceptors (Lipinski definition) is 3. The third kappa shape index (κ3) is 2.47. The molecule has 2 N–H and O–H groups in total. The third-order valence-electron chi connectivity index (χ3n) is 3.53. The Labute approximate surface area is 102 Å². The number of aryl methyl sites for hydroxylation is 1. The van der Waals surface area contributed by atoms with Gasteiger partial charge in [-0.05, 0) is 38.4 Å². The molecular formula is C13H19N3O. The van der Waals surface area contributed by atoms with Crippen LogP contribution in [-0.2, 0) is 4.79 Å². The number of anilines is 1. The summed E-state index contributed by atoms with van der Waals surface area (Å²) in [7, 11) is 0. The van der Waals surface area contributed by atoms with E-state index in [0.717, 1.165) is 31.6 Å². The third-order valence-corrected chi connectivity index (χ3v) is 3.53. The second-order valence-corrected chi connectivity index (χ2v) is 4.68. The molecule has 4 heteroatoms. The molecule has 0 aromatic carbocycles. The zero-order valence-corrected chi connectivity index (χ0v) is 10.4. The van der Waals surface area contributed by atoms with Crippen LogP contribution in [-0.4, -0.2) is 24.0 Å². The Balaban J connectivity index is 2.10. The minimum absolute atomic E-state index is 0.0862. The lowest BCUT2D eigenvalue weighted by molar-refractivity contribution is -0.124. The Morgan fingerprint density at radius 2 is 2.41 bits per heavy atom. The fraction of sp³-hybridized carbons (Fsp3) is 0.538. The van der Waals surface area contributed by atoms with Crippen LogP contribution in [0.1, 0.15) is 25.5 Å². The van der Waals surface area contributed by atoms with Crippen LogP contribution in [0.3, 0.4) is 0 Å². The summed E-state index contributed by atoms with van der Waals surface area (Å²) in [6, 6.07) is 5.66. The minimum Gasteiger partial charge on any atom is -0.316 e.